The number of allylic oxidation sites excluding steroid dienone is 7. The number of phosphoric acid groups is 1. The Morgan fingerprint density at radius 1 is 1.00 bits per heavy atom. The summed E-state index contributed by atoms with van der Waals surface area (Å²) in [5, 5.41) is 32.8. The largest absolute Gasteiger partial charge is 0.469 e. The molecule has 0 saturated carbocycles. The predicted octanol–water partition coefficient (Wildman–Crippen LogP) is 6.40. The van der Waals surface area contributed by atoms with Gasteiger partial charge in [-0.3, -0.25) is 23.7 Å². The quantitative estimate of drug-likeness (QED) is 0.0190. The van der Waals surface area contributed by atoms with Crippen molar-refractivity contribution in [3.8, 4) is 6.07 Å². The number of carbonyl (C=O) groups is 4. The van der Waals surface area contributed by atoms with Gasteiger partial charge in [0, 0.05) is 89.5 Å². The smallest absolute Gasteiger partial charge is 0.462 e. The highest BCUT2D eigenvalue weighted by Crippen LogP contribution is 2.59. The van der Waals surface area contributed by atoms with E-state index in [0.717, 1.165) is 16.7 Å². The summed E-state index contributed by atoms with van der Waals surface area (Å²) >= 11 is 0. The molecule has 2 fully saturated rings. The molecule has 1 amide bonds. The van der Waals surface area contributed by atoms with Gasteiger partial charge >= 0.3 is 25.7 Å². The van der Waals surface area contributed by atoms with Gasteiger partial charge in [-0.05, 0) is 64.9 Å². The van der Waals surface area contributed by atoms with E-state index in [1.165, 1.54) is 47.3 Å². The number of aromatic nitrogens is 1. The second-order valence-electron chi connectivity index (χ2n) is 21.6. The summed E-state index contributed by atoms with van der Waals surface area (Å²) in [6.07, 6.45) is 3.88. The van der Waals surface area contributed by atoms with E-state index in [1.54, 1.807) is 58.0 Å². The fourth-order valence-electron chi connectivity index (χ4n) is 10.1. The van der Waals surface area contributed by atoms with Crippen LogP contribution in [0.2, 0.25) is 0 Å². The lowest BCUT2D eigenvalue weighted by Crippen LogP contribution is -2.58. The number of phosphoric ester groups is 1. The topological polar surface area (TPSA) is 305 Å². The van der Waals surface area contributed by atoms with Crippen LogP contribution in [-0.2, 0) is 61.4 Å². The SMILES string of the molecule is COC[C@@H](C(O)[C@H](O)C(=O)NCCC(C)c1nc(/C=C/CC2OC3(C[C@@H](OC(C)=O)[C@@H]2C)O[C@H]([C@H](C[C@H](OC(C)=O)C(C)[C@H](OC(C)=O)C(C)/C=C(C)/C(C)=C/C=C/C(C)=C/C#N)OC)[C@H](OP(=O)(O)O)C3(C)C)co1)N(C)C. The molecule has 2 aliphatic rings. The average molecular weight is 1140 g/mol. The minimum atomic E-state index is -5.28. The lowest BCUT2D eigenvalue weighted by atomic mass is 9.72. The average Bonchev–Trinajstić information content (AvgIpc) is 4.16. The number of nitriles is 1. The number of methoxy groups -OCH3 is 2. The molecule has 444 valence electrons. The number of aliphatic hydroxyl groups is 2. The Morgan fingerprint density at radius 2 is 1.66 bits per heavy atom. The molecular formula is C56H87N4O18P. The van der Waals surface area contributed by atoms with Gasteiger partial charge in [0.2, 0.25) is 0 Å². The Bertz CT molecular complexity index is 2440. The number of ether oxygens (including phenoxy) is 7. The van der Waals surface area contributed by atoms with E-state index >= 15 is 0 Å². The minimum Gasteiger partial charge on any atom is -0.462 e. The van der Waals surface area contributed by atoms with Crippen LogP contribution in [0.5, 0.6) is 0 Å². The van der Waals surface area contributed by atoms with Crippen LogP contribution in [0.1, 0.15) is 126 Å². The highest BCUT2D eigenvalue weighted by molar-refractivity contribution is 7.46. The molecule has 2 saturated heterocycles. The van der Waals surface area contributed by atoms with Gasteiger partial charge < -0.3 is 67.8 Å². The fraction of sp³-hybridized carbons (Fsp3) is 0.679. The Morgan fingerprint density at radius 3 is 2.23 bits per heavy atom. The number of nitrogens with zero attached hydrogens (tertiary/aromatic N) is 3. The molecule has 1 aromatic rings. The maximum atomic E-state index is 12.9. The van der Waals surface area contributed by atoms with Crippen LogP contribution in [0.4, 0.5) is 0 Å². The van der Waals surface area contributed by atoms with Crippen LogP contribution in [0.15, 0.2) is 63.9 Å². The molecule has 3 heterocycles. The molecule has 0 aromatic carbocycles. The summed E-state index contributed by atoms with van der Waals surface area (Å²) in [4.78, 5) is 78.1. The third-order valence-corrected chi connectivity index (χ3v) is 15.4. The van der Waals surface area contributed by atoms with Gasteiger partial charge in [0.25, 0.3) is 5.91 Å². The van der Waals surface area contributed by atoms with Crippen LogP contribution in [0.25, 0.3) is 6.08 Å². The third kappa shape index (κ3) is 19.7. The summed E-state index contributed by atoms with van der Waals surface area (Å²) in [7, 11) is 0.959. The van der Waals surface area contributed by atoms with Crippen molar-refractivity contribution in [2.75, 3.05) is 41.5 Å². The number of likely N-dealkylation sites (N-methyl/N-ethyl adjacent to an activating group) is 1. The number of amides is 1. The van der Waals surface area contributed by atoms with Crippen LogP contribution in [0.3, 0.4) is 0 Å². The molecule has 2 aliphatic heterocycles. The van der Waals surface area contributed by atoms with Crippen LogP contribution < -0.4 is 5.32 Å². The first-order chi connectivity index (χ1) is 36.8. The van der Waals surface area contributed by atoms with Crippen molar-refractivity contribution >= 4 is 37.7 Å². The van der Waals surface area contributed by atoms with E-state index in [0.29, 0.717) is 18.0 Å². The van der Waals surface area contributed by atoms with Crippen molar-refractivity contribution in [2.24, 2.45) is 23.2 Å². The highest BCUT2D eigenvalue weighted by atomic mass is 31.2. The molecular weight excluding hydrogens is 1050 g/mol. The number of hydrogen-bond donors (Lipinski definition) is 5. The second-order valence-corrected chi connectivity index (χ2v) is 22.8. The highest BCUT2D eigenvalue weighted by Gasteiger charge is 2.68. The van der Waals surface area contributed by atoms with E-state index in [2.05, 4.69) is 10.3 Å². The maximum absolute atomic E-state index is 12.9. The Balaban J connectivity index is 1.95. The fourth-order valence-corrected chi connectivity index (χ4v) is 10.7. The van der Waals surface area contributed by atoms with E-state index in [9.17, 15) is 43.7 Å². The first-order valence-corrected chi connectivity index (χ1v) is 28.0. The monoisotopic (exact) mass is 1130 g/mol. The zero-order valence-corrected chi connectivity index (χ0v) is 49.6. The zero-order valence-electron chi connectivity index (χ0n) is 48.7. The molecule has 3 rings (SSSR count). The van der Waals surface area contributed by atoms with Crippen molar-refractivity contribution in [1.82, 2.24) is 15.2 Å². The van der Waals surface area contributed by atoms with Crippen molar-refractivity contribution in [1.29, 1.82) is 5.26 Å². The number of rotatable bonds is 29. The molecule has 6 unspecified atom stereocenters. The Hall–Kier alpha value is -4.89. The van der Waals surface area contributed by atoms with Gasteiger partial charge in [0.1, 0.15) is 48.6 Å². The van der Waals surface area contributed by atoms with Gasteiger partial charge in [-0.25, -0.2) is 9.55 Å². The number of carbonyl (C=O) groups excluding carboxylic acids is 4. The number of aliphatic hydroxyl groups excluding tert-OH is 2. The molecule has 5 N–H and O–H groups in total. The molecule has 22 nitrogen and oxygen atoms in total. The molecule has 0 bridgehead atoms. The second kappa shape index (κ2) is 30.8. The summed E-state index contributed by atoms with van der Waals surface area (Å²) in [6.45, 7) is 20.3. The summed E-state index contributed by atoms with van der Waals surface area (Å²) in [5.41, 5.74) is 1.61. The summed E-state index contributed by atoms with van der Waals surface area (Å²) in [5.74, 6) is -5.73. The van der Waals surface area contributed by atoms with E-state index in [4.69, 9.17) is 47.4 Å². The normalized spacial score (nSPS) is 25.5. The standard InChI is InChI=1S/C56H87N4O18P/c1-32(23-25-57)19-17-20-33(2)35(4)27-36(5)50(75-41(10)63)38(7)45(73-39(8)61)28-46(71-16)51-52(78-79(67,68)69)55(11,12)56(77-51)29-47(74-40(9)62)37(6)44(76-56)22-18-21-42-30-72-54(59-42)34(3)24-26-58-53(66)49(65)48(64)43(31-70-15)60(13)14/h17-21,23,27,30,34,36-38,43-52,64-65H,22,24,26,28-29,31H2,1-16H3,(H,58,66)(H2,67,68,69)/b19-17+,21-18+,32-23+,33-20+,35-27+/t34?,36?,37-,38?,43+,44?,45+,46+,47-,48?,49+,50-,51-,52+,56?/m1/s1. The van der Waals surface area contributed by atoms with Gasteiger partial charge in [0.15, 0.2) is 17.8 Å². The van der Waals surface area contributed by atoms with Crippen molar-refractivity contribution in [3.05, 3.63) is 71.0 Å². The molecule has 0 aliphatic carbocycles. The lowest BCUT2D eigenvalue weighted by molar-refractivity contribution is -0.335. The minimum absolute atomic E-state index is 0.0782. The molecule has 1 aromatic heterocycles. The van der Waals surface area contributed by atoms with Gasteiger partial charge in [-0.15, -0.1) is 0 Å². The zero-order chi connectivity index (χ0) is 59.7. The van der Waals surface area contributed by atoms with Crippen molar-refractivity contribution < 1.29 is 85.8 Å². The van der Waals surface area contributed by atoms with Gasteiger partial charge in [0.05, 0.1) is 30.9 Å². The summed E-state index contributed by atoms with van der Waals surface area (Å²) in [6, 6.07) is 1.38. The first kappa shape index (κ1) is 68.4. The predicted molar refractivity (Wildman–Crippen MR) is 291 cm³/mol. The summed E-state index contributed by atoms with van der Waals surface area (Å²) < 4.78 is 67.2. The van der Waals surface area contributed by atoms with Gasteiger partial charge in [-0.2, -0.15) is 5.26 Å². The molecule has 79 heavy (non-hydrogen) atoms. The van der Waals surface area contributed by atoms with E-state index in [1.807, 2.05) is 65.8 Å². The van der Waals surface area contributed by atoms with Crippen molar-refractivity contribution in [2.45, 2.75) is 181 Å². The Labute approximate surface area is 465 Å². The molecule has 1 spiro atoms. The number of hydrogen-bond acceptors (Lipinski definition) is 19. The molecule has 23 heteroatoms. The molecule has 0 radical (unpaired) electrons. The number of esters is 3. The Kier molecular flexibility index (Phi) is 26.7. The number of oxazole rings is 1. The molecule has 15 atom stereocenters. The number of nitrogens with one attached hydrogen (secondary N) is 1. The maximum Gasteiger partial charge on any atom is 0.469 e. The van der Waals surface area contributed by atoms with Crippen LogP contribution in [-0.4, -0.2) is 162 Å². The van der Waals surface area contributed by atoms with Crippen LogP contribution in [0, 0.1) is 34.5 Å². The lowest BCUT2D eigenvalue weighted by Gasteiger charge is -2.50. The van der Waals surface area contributed by atoms with Crippen LogP contribution >= 0.6 is 7.82 Å². The third-order valence-electron chi connectivity index (χ3n) is 14.9. The van der Waals surface area contributed by atoms with E-state index < -0.39 is 122 Å². The van der Waals surface area contributed by atoms with E-state index in [-0.39, 0.29) is 38.3 Å². The van der Waals surface area contributed by atoms with Crippen molar-refractivity contribution in [3.63, 3.8) is 0 Å². The first-order valence-electron chi connectivity index (χ1n) is 26.5. The van der Waals surface area contributed by atoms with Gasteiger partial charge in [-0.1, -0.05) is 77.5 Å².